The number of carbonyl (C=O) groups excluding carboxylic acids is 1. The highest BCUT2D eigenvalue weighted by Crippen LogP contribution is 2.21. The fourth-order valence-corrected chi connectivity index (χ4v) is 1.86. The molecule has 2 rings (SSSR count). The molecule has 0 saturated heterocycles. The number of benzene rings is 1. The highest BCUT2D eigenvalue weighted by atomic mass is 16.5. The summed E-state index contributed by atoms with van der Waals surface area (Å²) in [7, 11) is 0. The Balaban J connectivity index is 2.44. The van der Waals surface area contributed by atoms with Crippen LogP contribution in [0.2, 0.25) is 0 Å². The molecule has 0 fully saturated rings. The number of fused-ring (bicyclic) bond motifs is 1. The quantitative estimate of drug-likeness (QED) is 0.354. The SMILES string of the molecule is O=CC(Cc1c[nH]c2ccccc12)(NO)C(=O)O. The van der Waals surface area contributed by atoms with Crippen molar-refractivity contribution in [3.63, 3.8) is 0 Å². The third kappa shape index (κ3) is 1.87. The molecule has 0 amide bonds. The first-order valence-electron chi connectivity index (χ1n) is 5.29. The van der Waals surface area contributed by atoms with E-state index in [4.69, 9.17) is 10.3 Å². The zero-order valence-corrected chi connectivity index (χ0v) is 9.38. The van der Waals surface area contributed by atoms with Crippen molar-refractivity contribution in [2.45, 2.75) is 12.0 Å². The first kappa shape index (κ1) is 12.3. The summed E-state index contributed by atoms with van der Waals surface area (Å²) >= 11 is 0. The molecule has 1 aromatic carbocycles. The van der Waals surface area contributed by atoms with Gasteiger partial charge in [0.25, 0.3) is 0 Å². The van der Waals surface area contributed by atoms with Crippen LogP contribution in [0.25, 0.3) is 10.9 Å². The summed E-state index contributed by atoms with van der Waals surface area (Å²) in [4.78, 5) is 25.0. The summed E-state index contributed by atoms with van der Waals surface area (Å²) in [6, 6.07) is 7.32. The van der Waals surface area contributed by atoms with Crippen molar-refractivity contribution in [3.8, 4) is 0 Å². The van der Waals surface area contributed by atoms with Gasteiger partial charge < -0.3 is 20.1 Å². The third-order valence-electron chi connectivity index (χ3n) is 2.93. The number of hydrogen-bond acceptors (Lipinski definition) is 4. The predicted molar refractivity (Wildman–Crippen MR) is 63.4 cm³/mol. The van der Waals surface area contributed by atoms with Gasteiger partial charge in [0.2, 0.25) is 0 Å². The van der Waals surface area contributed by atoms with E-state index in [0.29, 0.717) is 5.56 Å². The molecule has 0 bridgehead atoms. The number of aromatic nitrogens is 1. The summed E-state index contributed by atoms with van der Waals surface area (Å²) in [5, 5.41) is 18.8. The van der Waals surface area contributed by atoms with Crippen molar-refractivity contribution in [1.29, 1.82) is 0 Å². The maximum absolute atomic E-state index is 11.1. The van der Waals surface area contributed by atoms with Gasteiger partial charge in [-0.3, -0.25) is 0 Å². The Morgan fingerprint density at radius 1 is 1.44 bits per heavy atom. The lowest BCUT2D eigenvalue weighted by Gasteiger charge is -2.20. The number of hydrogen-bond donors (Lipinski definition) is 4. The van der Waals surface area contributed by atoms with Gasteiger partial charge in [0.05, 0.1) is 0 Å². The monoisotopic (exact) mass is 248 g/mol. The number of aliphatic carboxylic acids is 1. The average Bonchev–Trinajstić information content (AvgIpc) is 2.79. The highest BCUT2D eigenvalue weighted by Gasteiger charge is 2.39. The number of para-hydroxylation sites is 1. The van der Waals surface area contributed by atoms with Gasteiger partial charge in [-0.15, -0.1) is 0 Å². The summed E-state index contributed by atoms with van der Waals surface area (Å²) in [6.45, 7) is 0. The molecule has 2 aromatic rings. The number of aldehydes is 1. The van der Waals surface area contributed by atoms with E-state index in [1.807, 2.05) is 24.3 Å². The number of hydroxylamine groups is 1. The van der Waals surface area contributed by atoms with Crippen LogP contribution in [0, 0.1) is 0 Å². The number of rotatable bonds is 5. The fraction of sp³-hybridized carbons (Fsp3) is 0.167. The van der Waals surface area contributed by atoms with Crippen LogP contribution in [-0.2, 0) is 16.0 Å². The Labute approximate surface area is 102 Å². The van der Waals surface area contributed by atoms with Crippen LogP contribution < -0.4 is 5.48 Å². The van der Waals surface area contributed by atoms with Crippen molar-refractivity contribution < 1.29 is 19.9 Å². The minimum Gasteiger partial charge on any atom is -0.479 e. The molecule has 0 saturated carbocycles. The summed E-state index contributed by atoms with van der Waals surface area (Å²) in [6.07, 6.45) is 1.67. The van der Waals surface area contributed by atoms with Crippen LogP contribution in [0.5, 0.6) is 0 Å². The van der Waals surface area contributed by atoms with Crippen LogP contribution in [0.15, 0.2) is 30.5 Å². The number of carbonyl (C=O) groups is 2. The third-order valence-corrected chi connectivity index (χ3v) is 2.93. The van der Waals surface area contributed by atoms with Gasteiger partial charge in [-0.25, -0.2) is 4.79 Å². The van der Waals surface area contributed by atoms with E-state index in [1.54, 1.807) is 11.7 Å². The van der Waals surface area contributed by atoms with E-state index >= 15 is 0 Å². The van der Waals surface area contributed by atoms with E-state index in [-0.39, 0.29) is 12.7 Å². The van der Waals surface area contributed by atoms with Crippen LogP contribution in [0.3, 0.4) is 0 Å². The Hall–Kier alpha value is -2.18. The summed E-state index contributed by atoms with van der Waals surface area (Å²) < 4.78 is 0. The molecule has 1 heterocycles. The van der Waals surface area contributed by atoms with E-state index in [2.05, 4.69) is 4.98 Å². The van der Waals surface area contributed by atoms with Gasteiger partial charge in [0.15, 0.2) is 11.8 Å². The molecule has 0 aliphatic rings. The molecule has 0 radical (unpaired) electrons. The fourth-order valence-electron chi connectivity index (χ4n) is 1.86. The molecule has 1 unspecified atom stereocenters. The lowest BCUT2D eigenvalue weighted by molar-refractivity contribution is -0.152. The van der Waals surface area contributed by atoms with Crippen molar-refractivity contribution in [2.75, 3.05) is 0 Å². The second-order valence-corrected chi connectivity index (χ2v) is 4.04. The largest absolute Gasteiger partial charge is 0.479 e. The van der Waals surface area contributed by atoms with Gasteiger partial charge in [-0.05, 0) is 11.6 Å². The highest BCUT2D eigenvalue weighted by molar-refractivity contribution is 5.98. The summed E-state index contributed by atoms with van der Waals surface area (Å²) in [5.74, 6) is -1.43. The van der Waals surface area contributed by atoms with Gasteiger partial charge in [-0.2, -0.15) is 5.48 Å². The van der Waals surface area contributed by atoms with Crippen molar-refractivity contribution in [3.05, 3.63) is 36.0 Å². The molecule has 0 spiro atoms. The smallest absolute Gasteiger partial charge is 0.333 e. The maximum atomic E-state index is 11.1. The lowest BCUT2D eigenvalue weighted by atomic mass is 9.93. The molecule has 1 aromatic heterocycles. The topological polar surface area (TPSA) is 102 Å². The number of aromatic amines is 1. The van der Waals surface area contributed by atoms with Gasteiger partial charge >= 0.3 is 5.97 Å². The van der Waals surface area contributed by atoms with E-state index in [9.17, 15) is 9.59 Å². The second kappa shape index (κ2) is 4.59. The molecule has 0 aliphatic heterocycles. The van der Waals surface area contributed by atoms with E-state index in [0.717, 1.165) is 10.9 Å². The van der Waals surface area contributed by atoms with Crippen molar-refractivity contribution >= 4 is 23.2 Å². The van der Waals surface area contributed by atoms with E-state index in [1.165, 1.54) is 0 Å². The first-order valence-corrected chi connectivity index (χ1v) is 5.29. The maximum Gasteiger partial charge on any atom is 0.333 e. The minimum absolute atomic E-state index is 0.146. The Morgan fingerprint density at radius 2 is 2.17 bits per heavy atom. The Kier molecular flexibility index (Phi) is 3.14. The Morgan fingerprint density at radius 3 is 2.78 bits per heavy atom. The standard InChI is InChI=1S/C12H12N2O4/c15-7-12(14-18,11(16)17)5-8-6-13-10-4-2-1-3-9(8)10/h1-4,6-7,13-14,18H,5H2,(H,16,17). The van der Waals surface area contributed by atoms with Crippen LogP contribution in [0.1, 0.15) is 5.56 Å². The normalized spacial score (nSPS) is 14.3. The van der Waals surface area contributed by atoms with Crippen molar-refractivity contribution in [2.24, 2.45) is 0 Å². The number of carboxylic acids is 1. The average molecular weight is 248 g/mol. The van der Waals surface area contributed by atoms with Crippen LogP contribution in [-0.4, -0.2) is 33.1 Å². The predicted octanol–water partition coefficient (Wildman–Crippen LogP) is 0.711. The molecule has 4 N–H and O–H groups in total. The van der Waals surface area contributed by atoms with Gasteiger partial charge in [0, 0.05) is 23.5 Å². The molecule has 94 valence electrons. The van der Waals surface area contributed by atoms with Crippen LogP contribution in [0.4, 0.5) is 0 Å². The van der Waals surface area contributed by atoms with Gasteiger partial charge in [0.1, 0.15) is 0 Å². The molecule has 6 heteroatoms. The van der Waals surface area contributed by atoms with Crippen LogP contribution >= 0.6 is 0 Å². The Bertz CT molecular complexity index is 593. The first-order chi connectivity index (χ1) is 8.63. The number of carboxylic acid groups (broad SMARTS) is 1. The minimum atomic E-state index is -2.02. The molecule has 1 atom stereocenters. The molecule has 6 nitrogen and oxygen atoms in total. The number of nitrogens with one attached hydrogen (secondary N) is 2. The molecular formula is C12H12N2O4. The number of H-pyrrole nitrogens is 1. The second-order valence-electron chi connectivity index (χ2n) is 4.04. The molecule has 0 aliphatic carbocycles. The zero-order valence-electron chi connectivity index (χ0n) is 9.38. The van der Waals surface area contributed by atoms with Gasteiger partial charge in [-0.1, -0.05) is 18.2 Å². The summed E-state index contributed by atoms with van der Waals surface area (Å²) in [5.41, 5.74) is 1.05. The van der Waals surface area contributed by atoms with Crippen molar-refractivity contribution in [1.82, 2.24) is 10.5 Å². The molecular weight excluding hydrogens is 236 g/mol. The molecule has 18 heavy (non-hydrogen) atoms. The lowest BCUT2D eigenvalue weighted by Crippen LogP contribution is -2.54. The zero-order chi connectivity index (χ0) is 13.2. The van der Waals surface area contributed by atoms with E-state index < -0.39 is 11.5 Å².